The summed E-state index contributed by atoms with van der Waals surface area (Å²) in [6.07, 6.45) is 0.476. The number of hydrogen-bond acceptors (Lipinski definition) is 5. The Labute approximate surface area is 192 Å². The van der Waals surface area contributed by atoms with Crippen molar-refractivity contribution in [2.24, 2.45) is 4.99 Å². The second kappa shape index (κ2) is 10.8. The van der Waals surface area contributed by atoms with Gasteiger partial charge in [0.15, 0.2) is 17.5 Å². The Hall–Kier alpha value is -2.64. The van der Waals surface area contributed by atoms with Crippen molar-refractivity contribution in [3.8, 4) is 11.5 Å². The first-order chi connectivity index (χ1) is 15.0. The molecule has 8 heteroatoms. The molecule has 32 heavy (non-hydrogen) atoms. The molecule has 1 fully saturated rings. The number of nitrogens with zero attached hydrogens (tertiary/aromatic N) is 2. The number of carbonyl (C=O) groups excluding carboxylic acids is 1. The molecule has 1 saturated heterocycles. The lowest BCUT2D eigenvalue weighted by Crippen LogP contribution is -2.44. The number of carbonyl (C=O) groups is 1. The Balaban J connectivity index is 2.07. The Morgan fingerprint density at radius 3 is 2.44 bits per heavy atom. The van der Waals surface area contributed by atoms with E-state index in [1.807, 2.05) is 32.9 Å². The van der Waals surface area contributed by atoms with Crippen LogP contribution in [0.1, 0.15) is 53.5 Å². The molecular formula is C24H40N4O4. The molecule has 1 heterocycles. The van der Waals surface area contributed by atoms with Crippen molar-refractivity contribution in [2.75, 3.05) is 40.4 Å². The van der Waals surface area contributed by atoms with E-state index in [9.17, 15) is 4.79 Å². The standard InChI is InChI=1S/C24H40N4O4/c1-9-25-21(28-13-12-18(15-28)27-22(29)32-23(2,3)4)26-16-24(5,6)17-10-11-19(30-7)20(14-17)31-8/h10-11,14,18H,9,12-13,15-16H2,1-8H3,(H,25,26)(H,27,29). The molecule has 0 bridgehead atoms. The molecule has 0 aromatic heterocycles. The van der Waals surface area contributed by atoms with Gasteiger partial charge in [-0.15, -0.1) is 0 Å². The minimum atomic E-state index is -0.505. The molecule has 2 rings (SSSR count). The summed E-state index contributed by atoms with van der Waals surface area (Å²) in [5, 5.41) is 6.36. The molecule has 1 aliphatic heterocycles. The van der Waals surface area contributed by atoms with Gasteiger partial charge in [0, 0.05) is 25.0 Å². The molecule has 0 aliphatic carbocycles. The van der Waals surface area contributed by atoms with E-state index in [1.165, 1.54) is 0 Å². The van der Waals surface area contributed by atoms with Crippen LogP contribution >= 0.6 is 0 Å². The minimum absolute atomic E-state index is 0.0348. The van der Waals surface area contributed by atoms with E-state index in [-0.39, 0.29) is 17.6 Å². The molecule has 1 atom stereocenters. The maximum atomic E-state index is 12.1. The number of benzene rings is 1. The number of rotatable bonds is 7. The van der Waals surface area contributed by atoms with Crippen LogP contribution in [-0.4, -0.2) is 69.0 Å². The van der Waals surface area contributed by atoms with Crippen LogP contribution in [0.25, 0.3) is 0 Å². The number of nitrogens with one attached hydrogen (secondary N) is 2. The van der Waals surface area contributed by atoms with E-state index in [4.69, 9.17) is 19.2 Å². The van der Waals surface area contributed by atoms with E-state index >= 15 is 0 Å². The monoisotopic (exact) mass is 448 g/mol. The molecule has 1 aromatic carbocycles. The molecule has 0 saturated carbocycles. The fraction of sp³-hybridized carbons (Fsp3) is 0.667. The van der Waals surface area contributed by atoms with Gasteiger partial charge >= 0.3 is 6.09 Å². The van der Waals surface area contributed by atoms with Crippen molar-refractivity contribution in [3.63, 3.8) is 0 Å². The zero-order valence-electron chi connectivity index (χ0n) is 20.9. The topological polar surface area (TPSA) is 84.4 Å². The van der Waals surface area contributed by atoms with Gasteiger partial charge < -0.3 is 29.7 Å². The van der Waals surface area contributed by atoms with E-state index < -0.39 is 5.60 Å². The number of methoxy groups -OCH3 is 2. The summed E-state index contributed by atoms with van der Waals surface area (Å²) in [6.45, 7) is 14.9. The maximum Gasteiger partial charge on any atom is 0.407 e. The third kappa shape index (κ3) is 7.21. The van der Waals surface area contributed by atoms with Crippen molar-refractivity contribution in [3.05, 3.63) is 23.8 Å². The minimum Gasteiger partial charge on any atom is -0.493 e. The number of likely N-dealkylation sites (tertiary alicyclic amines) is 1. The average Bonchev–Trinajstić information content (AvgIpc) is 3.17. The first kappa shape index (κ1) is 25.6. The quantitative estimate of drug-likeness (QED) is 0.490. The van der Waals surface area contributed by atoms with E-state index in [2.05, 4.69) is 42.4 Å². The van der Waals surface area contributed by atoms with Crippen molar-refractivity contribution in [1.82, 2.24) is 15.5 Å². The Bertz CT molecular complexity index is 802. The highest BCUT2D eigenvalue weighted by Crippen LogP contribution is 2.33. The second-order valence-electron chi connectivity index (χ2n) is 9.70. The molecule has 0 radical (unpaired) electrons. The fourth-order valence-corrected chi connectivity index (χ4v) is 3.59. The summed E-state index contributed by atoms with van der Waals surface area (Å²) >= 11 is 0. The number of aliphatic imine (C=N–C) groups is 1. The van der Waals surface area contributed by atoms with Crippen LogP contribution < -0.4 is 20.1 Å². The molecule has 1 aliphatic rings. The van der Waals surface area contributed by atoms with Gasteiger partial charge in [0.25, 0.3) is 0 Å². The SMILES string of the molecule is CCNC(=NCC(C)(C)c1ccc(OC)c(OC)c1)N1CCC(NC(=O)OC(C)(C)C)C1. The van der Waals surface area contributed by atoms with E-state index in [0.29, 0.717) is 24.6 Å². The lowest BCUT2D eigenvalue weighted by molar-refractivity contribution is 0.0507. The maximum absolute atomic E-state index is 12.1. The highest BCUT2D eigenvalue weighted by Gasteiger charge is 2.29. The molecule has 8 nitrogen and oxygen atoms in total. The van der Waals surface area contributed by atoms with Crippen LogP contribution in [0.2, 0.25) is 0 Å². The summed E-state index contributed by atoms with van der Waals surface area (Å²) in [5.74, 6) is 2.28. The zero-order valence-corrected chi connectivity index (χ0v) is 20.9. The molecule has 1 amide bonds. The molecule has 2 N–H and O–H groups in total. The number of alkyl carbamates (subject to hydrolysis) is 1. The summed E-state index contributed by atoms with van der Waals surface area (Å²) in [4.78, 5) is 19.2. The molecule has 1 aromatic rings. The van der Waals surface area contributed by atoms with Crippen LogP contribution in [-0.2, 0) is 10.2 Å². The second-order valence-corrected chi connectivity index (χ2v) is 9.70. The predicted molar refractivity (Wildman–Crippen MR) is 128 cm³/mol. The van der Waals surface area contributed by atoms with Gasteiger partial charge in [-0.2, -0.15) is 0 Å². The summed E-state index contributed by atoms with van der Waals surface area (Å²) in [5.41, 5.74) is 0.420. The van der Waals surface area contributed by atoms with Crippen molar-refractivity contribution in [1.29, 1.82) is 0 Å². The summed E-state index contributed by atoms with van der Waals surface area (Å²) < 4.78 is 16.2. The van der Waals surface area contributed by atoms with Crippen LogP contribution in [0.4, 0.5) is 4.79 Å². The summed E-state index contributed by atoms with van der Waals surface area (Å²) in [7, 11) is 3.28. The van der Waals surface area contributed by atoms with Gasteiger partial charge in [0.05, 0.1) is 26.8 Å². The number of ether oxygens (including phenoxy) is 3. The highest BCUT2D eigenvalue weighted by molar-refractivity contribution is 5.80. The number of amides is 1. The first-order valence-corrected chi connectivity index (χ1v) is 11.2. The average molecular weight is 449 g/mol. The number of hydrogen-bond donors (Lipinski definition) is 2. The van der Waals surface area contributed by atoms with Gasteiger partial charge in [0.1, 0.15) is 5.60 Å². The Morgan fingerprint density at radius 1 is 1.16 bits per heavy atom. The van der Waals surface area contributed by atoms with Crippen LogP contribution in [0.15, 0.2) is 23.2 Å². The number of guanidine groups is 1. The van der Waals surface area contributed by atoms with Crippen molar-refractivity contribution in [2.45, 2.75) is 65.0 Å². The first-order valence-electron chi connectivity index (χ1n) is 11.2. The zero-order chi connectivity index (χ0) is 23.9. The lowest BCUT2D eigenvalue weighted by atomic mass is 9.84. The molecular weight excluding hydrogens is 408 g/mol. The van der Waals surface area contributed by atoms with Gasteiger partial charge in [-0.3, -0.25) is 4.99 Å². The highest BCUT2D eigenvalue weighted by atomic mass is 16.6. The predicted octanol–water partition coefficient (Wildman–Crippen LogP) is 3.55. The molecule has 0 spiro atoms. The smallest absolute Gasteiger partial charge is 0.407 e. The van der Waals surface area contributed by atoms with E-state index in [1.54, 1.807) is 14.2 Å². The van der Waals surface area contributed by atoms with Crippen LogP contribution in [0.5, 0.6) is 11.5 Å². The van der Waals surface area contributed by atoms with Crippen molar-refractivity contribution < 1.29 is 19.0 Å². The third-order valence-electron chi connectivity index (χ3n) is 5.33. The largest absolute Gasteiger partial charge is 0.493 e. The van der Waals surface area contributed by atoms with Crippen LogP contribution in [0.3, 0.4) is 0 Å². The van der Waals surface area contributed by atoms with Crippen LogP contribution in [0, 0.1) is 0 Å². The summed E-state index contributed by atoms with van der Waals surface area (Å²) in [6, 6.07) is 6.03. The normalized spacial score (nSPS) is 17.2. The van der Waals surface area contributed by atoms with Crippen molar-refractivity contribution >= 4 is 12.1 Å². The Kier molecular flexibility index (Phi) is 8.64. The fourth-order valence-electron chi connectivity index (χ4n) is 3.59. The third-order valence-corrected chi connectivity index (χ3v) is 5.33. The lowest BCUT2D eigenvalue weighted by Gasteiger charge is -2.27. The van der Waals surface area contributed by atoms with Gasteiger partial charge in [-0.25, -0.2) is 4.79 Å². The van der Waals surface area contributed by atoms with Gasteiger partial charge in [0.2, 0.25) is 0 Å². The van der Waals surface area contributed by atoms with Gasteiger partial charge in [-0.1, -0.05) is 19.9 Å². The Morgan fingerprint density at radius 2 is 1.84 bits per heavy atom. The van der Waals surface area contributed by atoms with Gasteiger partial charge in [-0.05, 0) is 51.8 Å². The molecule has 180 valence electrons. The van der Waals surface area contributed by atoms with E-state index in [0.717, 1.165) is 31.0 Å². The molecule has 1 unspecified atom stereocenters.